The standard InChI is InChI=1S/C22H26N2O4/c1-15-4-7-18(10-16(15)2)24-13-20(28-14-22(24)26)12-23-21(25)11-17-5-8-19(27-3)9-6-17/h4-10,20H,11-14H2,1-3H3,(H,23,25). The Balaban J connectivity index is 1.54. The smallest absolute Gasteiger partial charge is 0.253 e. The number of amides is 2. The minimum Gasteiger partial charge on any atom is -0.497 e. The van der Waals surface area contributed by atoms with Crippen LogP contribution in [0.4, 0.5) is 5.69 Å². The molecule has 0 radical (unpaired) electrons. The molecule has 2 aromatic carbocycles. The van der Waals surface area contributed by atoms with Gasteiger partial charge in [-0.3, -0.25) is 9.59 Å². The lowest BCUT2D eigenvalue weighted by Gasteiger charge is -2.33. The number of nitrogens with zero attached hydrogens (tertiary/aromatic N) is 1. The van der Waals surface area contributed by atoms with E-state index in [9.17, 15) is 9.59 Å². The van der Waals surface area contributed by atoms with Gasteiger partial charge in [0.05, 0.1) is 26.2 Å². The van der Waals surface area contributed by atoms with Crippen LogP contribution in [0, 0.1) is 13.8 Å². The first-order valence-electron chi connectivity index (χ1n) is 9.35. The van der Waals surface area contributed by atoms with Crippen LogP contribution in [0.3, 0.4) is 0 Å². The van der Waals surface area contributed by atoms with Crippen LogP contribution in [-0.2, 0) is 20.7 Å². The van der Waals surface area contributed by atoms with Gasteiger partial charge >= 0.3 is 0 Å². The number of benzene rings is 2. The lowest BCUT2D eigenvalue weighted by molar-refractivity contribution is -0.129. The monoisotopic (exact) mass is 382 g/mol. The van der Waals surface area contributed by atoms with E-state index in [0.717, 1.165) is 22.6 Å². The first-order valence-corrected chi connectivity index (χ1v) is 9.35. The molecule has 0 spiro atoms. The number of hydrogen-bond acceptors (Lipinski definition) is 4. The third-order valence-corrected chi connectivity index (χ3v) is 4.98. The predicted octanol–water partition coefficient (Wildman–Crippen LogP) is 2.40. The van der Waals surface area contributed by atoms with Gasteiger partial charge < -0.3 is 19.7 Å². The lowest BCUT2D eigenvalue weighted by atomic mass is 10.1. The second-order valence-corrected chi connectivity index (χ2v) is 7.03. The number of methoxy groups -OCH3 is 1. The van der Waals surface area contributed by atoms with Gasteiger partial charge in [0.25, 0.3) is 5.91 Å². The Labute approximate surface area is 165 Å². The predicted molar refractivity (Wildman–Crippen MR) is 108 cm³/mol. The van der Waals surface area contributed by atoms with Gasteiger partial charge in [-0.25, -0.2) is 0 Å². The molecule has 1 saturated heterocycles. The van der Waals surface area contributed by atoms with E-state index in [0.29, 0.717) is 13.1 Å². The zero-order valence-electron chi connectivity index (χ0n) is 16.5. The first kappa shape index (κ1) is 19.9. The molecule has 28 heavy (non-hydrogen) atoms. The van der Waals surface area contributed by atoms with Crippen molar-refractivity contribution in [1.82, 2.24) is 5.32 Å². The van der Waals surface area contributed by atoms with Gasteiger partial charge in [-0.15, -0.1) is 0 Å². The molecule has 0 aliphatic carbocycles. The average Bonchev–Trinajstić information content (AvgIpc) is 2.70. The van der Waals surface area contributed by atoms with Crippen molar-refractivity contribution in [3.8, 4) is 5.75 Å². The van der Waals surface area contributed by atoms with Gasteiger partial charge in [0.1, 0.15) is 12.4 Å². The molecule has 3 rings (SSSR count). The molecule has 1 aliphatic heterocycles. The Morgan fingerprint density at radius 1 is 1.18 bits per heavy atom. The fourth-order valence-electron chi connectivity index (χ4n) is 3.11. The van der Waals surface area contributed by atoms with Crippen LogP contribution in [-0.4, -0.2) is 44.7 Å². The molecule has 1 heterocycles. The molecule has 1 unspecified atom stereocenters. The van der Waals surface area contributed by atoms with E-state index in [1.165, 1.54) is 5.56 Å². The van der Waals surface area contributed by atoms with Crippen molar-refractivity contribution in [3.63, 3.8) is 0 Å². The second-order valence-electron chi connectivity index (χ2n) is 7.03. The second kappa shape index (κ2) is 8.89. The van der Waals surface area contributed by atoms with Crippen LogP contribution in [0.5, 0.6) is 5.75 Å². The maximum atomic E-state index is 12.3. The molecule has 1 atom stereocenters. The zero-order chi connectivity index (χ0) is 20.1. The van der Waals surface area contributed by atoms with Gasteiger partial charge in [0.15, 0.2) is 0 Å². The van der Waals surface area contributed by atoms with E-state index < -0.39 is 0 Å². The molecule has 1 aliphatic rings. The number of rotatable bonds is 6. The largest absolute Gasteiger partial charge is 0.497 e. The molecule has 1 fully saturated rings. The summed E-state index contributed by atoms with van der Waals surface area (Å²) < 4.78 is 10.7. The Hall–Kier alpha value is -2.86. The number of morpholine rings is 1. The molecule has 0 bridgehead atoms. The summed E-state index contributed by atoms with van der Waals surface area (Å²) in [7, 11) is 1.61. The van der Waals surface area contributed by atoms with Crippen molar-refractivity contribution < 1.29 is 19.1 Å². The Morgan fingerprint density at radius 3 is 2.61 bits per heavy atom. The number of hydrogen-bond donors (Lipinski definition) is 1. The number of nitrogens with one attached hydrogen (secondary N) is 1. The highest BCUT2D eigenvalue weighted by Crippen LogP contribution is 2.21. The maximum absolute atomic E-state index is 12.3. The summed E-state index contributed by atoms with van der Waals surface area (Å²) in [5, 5.41) is 2.90. The lowest BCUT2D eigenvalue weighted by Crippen LogP contribution is -2.50. The van der Waals surface area contributed by atoms with E-state index in [-0.39, 0.29) is 30.9 Å². The summed E-state index contributed by atoms with van der Waals surface area (Å²) in [5.41, 5.74) is 4.11. The van der Waals surface area contributed by atoms with Gasteiger partial charge in [-0.2, -0.15) is 0 Å². The molecule has 1 N–H and O–H groups in total. The molecule has 2 amide bonds. The quantitative estimate of drug-likeness (QED) is 0.833. The van der Waals surface area contributed by atoms with Crippen LogP contribution in [0.2, 0.25) is 0 Å². The van der Waals surface area contributed by atoms with Gasteiger partial charge in [0.2, 0.25) is 5.91 Å². The van der Waals surface area contributed by atoms with Crippen LogP contribution < -0.4 is 15.0 Å². The van der Waals surface area contributed by atoms with Crippen molar-refractivity contribution in [1.29, 1.82) is 0 Å². The maximum Gasteiger partial charge on any atom is 0.253 e. The summed E-state index contributed by atoms with van der Waals surface area (Å²) >= 11 is 0. The third-order valence-electron chi connectivity index (χ3n) is 4.98. The molecular formula is C22H26N2O4. The SMILES string of the molecule is COc1ccc(CC(=O)NCC2CN(c3ccc(C)c(C)c3)C(=O)CO2)cc1. The number of ether oxygens (including phenoxy) is 2. The van der Waals surface area contributed by atoms with Gasteiger partial charge in [-0.05, 0) is 54.8 Å². The Morgan fingerprint density at radius 2 is 1.93 bits per heavy atom. The first-order chi connectivity index (χ1) is 13.5. The Bertz CT molecular complexity index is 848. The van der Waals surface area contributed by atoms with Crippen molar-refractivity contribution >= 4 is 17.5 Å². The highest BCUT2D eigenvalue weighted by molar-refractivity contribution is 5.95. The molecule has 6 nitrogen and oxygen atoms in total. The minimum atomic E-state index is -0.237. The summed E-state index contributed by atoms with van der Waals surface area (Å²) in [5.74, 6) is 0.614. The number of aryl methyl sites for hydroxylation is 2. The van der Waals surface area contributed by atoms with E-state index in [1.54, 1.807) is 12.0 Å². The average molecular weight is 382 g/mol. The summed E-state index contributed by atoms with van der Waals surface area (Å²) in [4.78, 5) is 26.2. The third kappa shape index (κ3) is 4.89. The normalized spacial score (nSPS) is 16.8. The number of carbonyl (C=O) groups excluding carboxylic acids is 2. The Kier molecular flexibility index (Phi) is 6.31. The fourth-order valence-corrected chi connectivity index (χ4v) is 3.11. The van der Waals surface area contributed by atoms with Crippen LogP contribution in [0.15, 0.2) is 42.5 Å². The van der Waals surface area contributed by atoms with E-state index in [2.05, 4.69) is 5.32 Å². The van der Waals surface area contributed by atoms with Crippen molar-refractivity contribution in [2.75, 3.05) is 31.7 Å². The molecule has 0 saturated carbocycles. The molecule has 6 heteroatoms. The summed E-state index contributed by atoms with van der Waals surface area (Å²) in [6, 6.07) is 13.4. The number of anilines is 1. The number of carbonyl (C=O) groups is 2. The molecule has 148 valence electrons. The topological polar surface area (TPSA) is 67.9 Å². The van der Waals surface area contributed by atoms with Crippen LogP contribution in [0.25, 0.3) is 0 Å². The van der Waals surface area contributed by atoms with E-state index in [4.69, 9.17) is 9.47 Å². The van der Waals surface area contributed by atoms with Crippen LogP contribution >= 0.6 is 0 Å². The molecule has 0 aromatic heterocycles. The summed E-state index contributed by atoms with van der Waals surface area (Å²) in [6.45, 7) is 4.88. The minimum absolute atomic E-state index is 0.0198. The highest BCUT2D eigenvalue weighted by Gasteiger charge is 2.27. The van der Waals surface area contributed by atoms with E-state index in [1.807, 2.05) is 56.3 Å². The zero-order valence-corrected chi connectivity index (χ0v) is 16.5. The van der Waals surface area contributed by atoms with Gasteiger partial charge in [0, 0.05) is 12.2 Å². The fraction of sp³-hybridized carbons (Fsp3) is 0.364. The van der Waals surface area contributed by atoms with Crippen LogP contribution in [0.1, 0.15) is 16.7 Å². The molecule has 2 aromatic rings. The van der Waals surface area contributed by atoms with Crippen molar-refractivity contribution in [2.24, 2.45) is 0 Å². The van der Waals surface area contributed by atoms with Crippen molar-refractivity contribution in [3.05, 3.63) is 59.2 Å². The highest BCUT2D eigenvalue weighted by atomic mass is 16.5. The van der Waals surface area contributed by atoms with E-state index >= 15 is 0 Å². The van der Waals surface area contributed by atoms with Crippen molar-refractivity contribution in [2.45, 2.75) is 26.4 Å². The van der Waals surface area contributed by atoms with Gasteiger partial charge in [-0.1, -0.05) is 18.2 Å². The summed E-state index contributed by atoms with van der Waals surface area (Å²) in [6.07, 6.45) is 0.0513. The molecular weight excluding hydrogens is 356 g/mol.